The van der Waals surface area contributed by atoms with Gasteiger partial charge < -0.3 is 0 Å². The molecule has 1 rings (SSSR count). The highest BCUT2D eigenvalue weighted by Crippen LogP contribution is 2.77. The Morgan fingerprint density at radius 2 is 0.467 bits per heavy atom. The highest BCUT2D eigenvalue weighted by molar-refractivity contribution is 5.37. The Morgan fingerprint density at radius 3 is 0.600 bits per heavy atom. The summed E-state index contributed by atoms with van der Waals surface area (Å²) in [6.45, 7) is 0. The van der Waals surface area contributed by atoms with Gasteiger partial charge in [-0.3, -0.25) is 0 Å². The number of halogens is 20. The number of hydrogen-bond acceptors (Lipinski definition) is 0. The topological polar surface area (TPSA) is 0 Å². The van der Waals surface area contributed by atoms with Crippen LogP contribution in [0.2, 0.25) is 0 Å². The quantitative estimate of drug-likeness (QED) is 0.388. The fraction of sp³-hybridized carbons (Fsp3) is 1.00. The van der Waals surface area contributed by atoms with Crippen molar-refractivity contribution in [3.8, 4) is 0 Å². The van der Waals surface area contributed by atoms with E-state index in [0.717, 1.165) is 0 Å². The number of alkyl halides is 20. The van der Waals surface area contributed by atoms with Crippen molar-refractivity contribution in [2.75, 3.05) is 0 Å². The van der Waals surface area contributed by atoms with Gasteiger partial charge in [-0.2, -0.15) is 79.0 Å². The van der Waals surface area contributed by atoms with Crippen LogP contribution in [-0.2, 0) is 0 Å². The molecule has 0 aliphatic heterocycles. The second-order valence-corrected chi connectivity index (χ2v) is 5.76. The average molecular weight is 500 g/mol. The van der Waals surface area contributed by atoms with Crippen LogP contribution in [0.4, 0.5) is 87.8 Å². The molecule has 0 aromatic heterocycles. The Balaban J connectivity index is 4.47. The summed E-state index contributed by atoms with van der Waals surface area (Å²) in [4.78, 5) is 0. The second-order valence-electron chi connectivity index (χ2n) is 5.76. The van der Waals surface area contributed by atoms with Crippen molar-refractivity contribution in [2.24, 2.45) is 0 Å². The lowest BCUT2D eigenvalue weighted by atomic mass is 9.60. The zero-order chi connectivity index (χ0) is 25.0. The molecule has 0 heterocycles. The fourth-order valence-corrected chi connectivity index (χ4v) is 2.48. The van der Waals surface area contributed by atoms with Crippen molar-refractivity contribution in [3.63, 3.8) is 0 Å². The number of rotatable bonds is 2. The predicted octanol–water partition coefficient (Wildman–Crippen LogP) is 6.35. The molecule has 0 unspecified atom stereocenters. The molecule has 0 aromatic rings. The molecule has 2 atom stereocenters. The smallest absolute Gasteiger partial charge is 0.226 e. The molecule has 0 radical (unpaired) electrons. The van der Waals surface area contributed by atoms with E-state index in [4.69, 9.17) is 0 Å². The third kappa shape index (κ3) is 2.22. The van der Waals surface area contributed by atoms with Gasteiger partial charge in [-0.15, -0.1) is 0 Å². The van der Waals surface area contributed by atoms with E-state index >= 15 is 0 Å². The molecule has 20 heteroatoms. The molecular weight excluding hydrogens is 500 g/mol. The van der Waals surface area contributed by atoms with Gasteiger partial charge in [0.1, 0.15) is 0 Å². The molecule has 0 spiro atoms. The van der Waals surface area contributed by atoms with Gasteiger partial charge in [-0.1, -0.05) is 0 Å². The summed E-state index contributed by atoms with van der Waals surface area (Å²) >= 11 is 0. The van der Waals surface area contributed by atoms with Crippen LogP contribution < -0.4 is 0 Å². The van der Waals surface area contributed by atoms with Crippen molar-refractivity contribution >= 4 is 0 Å². The molecule has 1 saturated carbocycles. The molecule has 1 aliphatic rings. The maximum atomic E-state index is 14.2. The van der Waals surface area contributed by atoms with Gasteiger partial charge >= 0.3 is 47.9 Å². The maximum Gasteiger partial charge on any atom is 0.457 e. The first-order valence-electron chi connectivity index (χ1n) is 6.28. The monoisotopic (exact) mass is 500 g/mol. The molecule has 0 amide bonds. The minimum atomic E-state index is -9.33. The third-order valence-electron chi connectivity index (χ3n) is 4.10. The summed E-state index contributed by atoms with van der Waals surface area (Å²) in [5.74, 6) is -52.9. The van der Waals surface area contributed by atoms with Crippen molar-refractivity contribution in [2.45, 2.75) is 59.2 Å². The molecule has 180 valence electrons. The lowest BCUT2D eigenvalue weighted by Gasteiger charge is -2.58. The van der Waals surface area contributed by atoms with Crippen LogP contribution in [0.5, 0.6) is 0 Å². The van der Waals surface area contributed by atoms with Gasteiger partial charge in [0.15, 0.2) is 0 Å². The summed E-state index contributed by atoms with van der Waals surface area (Å²) < 4.78 is 261. The summed E-state index contributed by atoms with van der Waals surface area (Å²) in [6, 6.07) is 0. The summed E-state index contributed by atoms with van der Waals surface area (Å²) in [6.07, 6.45) is -16.7. The second kappa shape index (κ2) is 5.69. The van der Waals surface area contributed by atoms with Crippen LogP contribution in [0, 0.1) is 0 Å². The third-order valence-corrected chi connectivity index (χ3v) is 4.10. The van der Waals surface area contributed by atoms with Crippen molar-refractivity contribution in [1.82, 2.24) is 0 Å². The normalized spacial score (nSPS) is 34.0. The number of hydrogen-bond donors (Lipinski definition) is 0. The molecule has 0 N–H and O–H groups in total. The predicted molar refractivity (Wildman–Crippen MR) is 49.5 cm³/mol. The summed E-state index contributed by atoms with van der Waals surface area (Å²) in [7, 11) is 0. The Kier molecular flexibility index (Phi) is 5.05. The van der Waals surface area contributed by atoms with Crippen LogP contribution >= 0.6 is 0 Å². The minimum Gasteiger partial charge on any atom is -0.226 e. The Hall–Kier alpha value is -1.40. The Bertz CT molecular complexity index is 633. The van der Waals surface area contributed by atoms with Gasteiger partial charge in [0.05, 0.1) is 0 Å². The Labute approximate surface area is 148 Å². The highest BCUT2D eigenvalue weighted by Gasteiger charge is 3.10. The van der Waals surface area contributed by atoms with Crippen molar-refractivity contribution in [1.29, 1.82) is 0 Å². The van der Waals surface area contributed by atoms with E-state index in [-0.39, 0.29) is 0 Å². The standard InChI is InChI=1S/C10F20/c11-1(5(17,18)9(25,26)27)2(12,6(19,20)10(28,29)30)4(15,16)8(23,24)7(21,22)3(1,13)14/t1-,2-/m1/s1. The van der Waals surface area contributed by atoms with Crippen LogP contribution in [0.15, 0.2) is 0 Å². The molecular formula is C10F20. The maximum absolute atomic E-state index is 14.2. The van der Waals surface area contributed by atoms with Crippen LogP contribution in [0.1, 0.15) is 0 Å². The summed E-state index contributed by atoms with van der Waals surface area (Å²) in [5, 5.41) is 0. The van der Waals surface area contributed by atoms with E-state index in [1.54, 1.807) is 0 Å². The van der Waals surface area contributed by atoms with E-state index in [1.807, 2.05) is 0 Å². The average Bonchev–Trinajstić information content (AvgIpc) is 2.48. The van der Waals surface area contributed by atoms with Gasteiger partial charge in [0.25, 0.3) is 11.3 Å². The molecule has 30 heavy (non-hydrogen) atoms. The van der Waals surface area contributed by atoms with Gasteiger partial charge in [0.2, 0.25) is 0 Å². The van der Waals surface area contributed by atoms with Crippen LogP contribution in [-0.4, -0.2) is 59.2 Å². The van der Waals surface area contributed by atoms with E-state index in [2.05, 4.69) is 0 Å². The van der Waals surface area contributed by atoms with E-state index in [0.29, 0.717) is 0 Å². The first-order valence-corrected chi connectivity index (χ1v) is 6.28. The van der Waals surface area contributed by atoms with Gasteiger partial charge in [0, 0.05) is 0 Å². The SMILES string of the molecule is FC(F)(F)C(F)(F)[C@]1(F)C(F)(F)C(F)(F)C(F)(F)C(F)(F)[C@@]1(F)C(F)(F)C(F)(F)F. The van der Waals surface area contributed by atoms with E-state index in [1.165, 1.54) is 0 Å². The lowest BCUT2D eigenvalue weighted by molar-refractivity contribution is -0.532. The zero-order valence-corrected chi connectivity index (χ0v) is 12.6. The molecule has 0 bridgehead atoms. The van der Waals surface area contributed by atoms with Crippen LogP contribution in [0.25, 0.3) is 0 Å². The fourth-order valence-electron chi connectivity index (χ4n) is 2.48. The molecule has 0 saturated heterocycles. The first kappa shape index (κ1) is 26.6. The largest absolute Gasteiger partial charge is 0.457 e. The highest BCUT2D eigenvalue weighted by atomic mass is 19.4. The van der Waals surface area contributed by atoms with E-state index in [9.17, 15) is 87.8 Å². The van der Waals surface area contributed by atoms with Gasteiger partial charge in [-0.05, 0) is 0 Å². The molecule has 0 aromatic carbocycles. The zero-order valence-electron chi connectivity index (χ0n) is 12.6. The molecule has 1 aliphatic carbocycles. The van der Waals surface area contributed by atoms with Crippen LogP contribution in [0.3, 0.4) is 0 Å². The Morgan fingerprint density at radius 1 is 0.300 bits per heavy atom. The van der Waals surface area contributed by atoms with Crippen molar-refractivity contribution < 1.29 is 87.8 Å². The van der Waals surface area contributed by atoms with E-state index < -0.39 is 59.2 Å². The molecule has 0 nitrogen and oxygen atoms in total. The first-order chi connectivity index (χ1) is 12.5. The minimum absolute atomic E-state index is 8.36. The van der Waals surface area contributed by atoms with Gasteiger partial charge in [-0.25, -0.2) is 8.78 Å². The summed E-state index contributed by atoms with van der Waals surface area (Å²) in [5.41, 5.74) is -18.7. The van der Waals surface area contributed by atoms with Crippen molar-refractivity contribution in [3.05, 3.63) is 0 Å². The lowest BCUT2D eigenvalue weighted by Crippen LogP contribution is -2.93. The molecule has 1 fully saturated rings.